The Labute approximate surface area is 140 Å². The van der Waals surface area contributed by atoms with Crippen LogP contribution in [0.2, 0.25) is 0 Å². The molecule has 0 aliphatic rings. The van der Waals surface area contributed by atoms with Gasteiger partial charge in [0.15, 0.2) is 5.78 Å². The minimum Gasteiger partial charge on any atom is -0.478 e. The molecule has 2 N–H and O–H groups in total. The minimum absolute atomic E-state index is 0.00930. The molecule has 0 aliphatic carbocycles. The van der Waals surface area contributed by atoms with Gasteiger partial charge in [-0.1, -0.05) is 42.0 Å². The van der Waals surface area contributed by atoms with Gasteiger partial charge in [0.1, 0.15) is 0 Å². The van der Waals surface area contributed by atoms with E-state index in [2.05, 4.69) is 5.32 Å². The molecule has 0 saturated carbocycles. The van der Waals surface area contributed by atoms with Crippen molar-refractivity contribution < 1.29 is 19.5 Å². The summed E-state index contributed by atoms with van der Waals surface area (Å²) < 4.78 is 0. The zero-order valence-electron chi connectivity index (χ0n) is 13.4. The molecule has 0 fully saturated rings. The summed E-state index contributed by atoms with van der Waals surface area (Å²) in [6, 6.07) is 13.7. The van der Waals surface area contributed by atoms with Crippen molar-refractivity contribution in [2.45, 2.75) is 26.2 Å². The molecule has 0 heterocycles. The first-order chi connectivity index (χ1) is 11.5. The molecule has 2 rings (SSSR count). The van der Waals surface area contributed by atoms with Crippen molar-refractivity contribution in [1.82, 2.24) is 0 Å². The first kappa shape index (κ1) is 17.4. The molecule has 0 aliphatic heterocycles. The van der Waals surface area contributed by atoms with Gasteiger partial charge in [0.05, 0.1) is 11.3 Å². The van der Waals surface area contributed by atoms with E-state index in [0.29, 0.717) is 12.0 Å². The first-order valence-corrected chi connectivity index (χ1v) is 7.69. The molecule has 0 bridgehead atoms. The summed E-state index contributed by atoms with van der Waals surface area (Å²) in [5.74, 6) is -1.40. The van der Waals surface area contributed by atoms with E-state index in [-0.39, 0.29) is 35.8 Å². The summed E-state index contributed by atoms with van der Waals surface area (Å²) in [6.45, 7) is 1.78. The van der Waals surface area contributed by atoms with Gasteiger partial charge >= 0.3 is 5.97 Å². The van der Waals surface area contributed by atoms with Crippen molar-refractivity contribution in [3.63, 3.8) is 0 Å². The number of amides is 1. The molecule has 0 radical (unpaired) electrons. The maximum absolute atomic E-state index is 12.0. The fraction of sp³-hybridized carbons (Fsp3) is 0.211. The second kappa shape index (κ2) is 8.06. The average molecular weight is 325 g/mol. The Morgan fingerprint density at radius 2 is 1.71 bits per heavy atom. The van der Waals surface area contributed by atoms with Crippen molar-refractivity contribution in [3.05, 3.63) is 65.2 Å². The van der Waals surface area contributed by atoms with Gasteiger partial charge in [-0.3, -0.25) is 9.59 Å². The third-order valence-electron chi connectivity index (χ3n) is 3.58. The number of ketones is 1. The van der Waals surface area contributed by atoms with Crippen LogP contribution in [0.4, 0.5) is 5.69 Å². The molecule has 0 atom stereocenters. The molecule has 5 nitrogen and oxygen atoms in total. The smallest absolute Gasteiger partial charge is 0.337 e. The number of carbonyl (C=O) groups is 3. The second-order valence-electron chi connectivity index (χ2n) is 5.55. The summed E-state index contributed by atoms with van der Waals surface area (Å²) in [6.07, 6.45) is 0.844. The van der Waals surface area contributed by atoms with E-state index in [4.69, 9.17) is 0 Å². The Morgan fingerprint density at radius 3 is 2.38 bits per heavy atom. The van der Waals surface area contributed by atoms with Gasteiger partial charge in [-0.15, -0.1) is 0 Å². The number of Topliss-reactive ketones (excluding diaryl/α,β-unsaturated/α-hetero) is 1. The topological polar surface area (TPSA) is 83.5 Å². The van der Waals surface area contributed by atoms with Crippen molar-refractivity contribution >= 4 is 23.3 Å². The Hall–Kier alpha value is -2.95. The number of aromatic carboxylic acids is 1. The Balaban J connectivity index is 1.88. The SMILES string of the molecule is Cc1ccc(NC(=O)CCCC(=O)c2ccccc2)c(C(=O)O)c1. The highest BCUT2D eigenvalue weighted by atomic mass is 16.4. The number of carboxylic acids is 1. The van der Waals surface area contributed by atoms with Crippen LogP contribution in [0.15, 0.2) is 48.5 Å². The van der Waals surface area contributed by atoms with Crippen LogP contribution >= 0.6 is 0 Å². The zero-order chi connectivity index (χ0) is 17.5. The van der Waals surface area contributed by atoms with E-state index in [0.717, 1.165) is 5.56 Å². The maximum atomic E-state index is 12.0. The monoisotopic (exact) mass is 325 g/mol. The van der Waals surface area contributed by atoms with Crippen molar-refractivity contribution in [2.75, 3.05) is 5.32 Å². The molecule has 124 valence electrons. The van der Waals surface area contributed by atoms with Gasteiger partial charge in [-0.25, -0.2) is 4.79 Å². The molecule has 2 aromatic carbocycles. The highest BCUT2D eigenvalue weighted by Gasteiger charge is 2.13. The van der Waals surface area contributed by atoms with E-state index >= 15 is 0 Å². The van der Waals surface area contributed by atoms with E-state index in [1.807, 2.05) is 6.07 Å². The van der Waals surface area contributed by atoms with Crippen LogP contribution in [0.3, 0.4) is 0 Å². The fourth-order valence-corrected chi connectivity index (χ4v) is 2.33. The van der Waals surface area contributed by atoms with Crippen LogP contribution in [0.1, 0.15) is 45.5 Å². The number of carbonyl (C=O) groups excluding carboxylic acids is 2. The first-order valence-electron chi connectivity index (χ1n) is 7.69. The van der Waals surface area contributed by atoms with Gasteiger partial charge in [-0.05, 0) is 25.5 Å². The Bertz CT molecular complexity index is 753. The number of rotatable bonds is 7. The molecule has 0 spiro atoms. The van der Waals surface area contributed by atoms with Gasteiger partial charge < -0.3 is 10.4 Å². The largest absolute Gasteiger partial charge is 0.478 e. The minimum atomic E-state index is -1.09. The number of anilines is 1. The van der Waals surface area contributed by atoms with Crippen LogP contribution in [0.25, 0.3) is 0 Å². The highest BCUT2D eigenvalue weighted by Crippen LogP contribution is 2.18. The van der Waals surface area contributed by atoms with Gasteiger partial charge in [0.2, 0.25) is 5.91 Å². The Morgan fingerprint density at radius 1 is 1.00 bits per heavy atom. The van der Waals surface area contributed by atoms with Crippen molar-refractivity contribution in [3.8, 4) is 0 Å². The quantitative estimate of drug-likeness (QED) is 0.761. The predicted octanol–water partition coefficient (Wildman–Crippen LogP) is 3.68. The van der Waals surface area contributed by atoms with E-state index in [9.17, 15) is 19.5 Å². The summed E-state index contributed by atoms with van der Waals surface area (Å²) in [7, 11) is 0. The fourth-order valence-electron chi connectivity index (χ4n) is 2.33. The molecule has 0 aromatic heterocycles. The second-order valence-corrected chi connectivity index (χ2v) is 5.55. The molecule has 2 aromatic rings. The highest BCUT2D eigenvalue weighted by molar-refractivity contribution is 6.01. The number of hydrogen-bond acceptors (Lipinski definition) is 3. The lowest BCUT2D eigenvalue weighted by Crippen LogP contribution is -2.15. The summed E-state index contributed by atoms with van der Waals surface area (Å²) in [5.41, 5.74) is 1.76. The molecule has 1 amide bonds. The number of nitrogens with one attached hydrogen (secondary N) is 1. The van der Waals surface area contributed by atoms with Gasteiger partial charge in [0.25, 0.3) is 0 Å². The van der Waals surface area contributed by atoms with Crippen LogP contribution < -0.4 is 5.32 Å². The molecule has 5 heteroatoms. The predicted molar refractivity (Wildman–Crippen MR) is 91.4 cm³/mol. The van der Waals surface area contributed by atoms with Gasteiger partial charge in [-0.2, -0.15) is 0 Å². The zero-order valence-corrected chi connectivity index (χ0v) is 13.4. The van der Waals surface area contributed by atoms with Crippen molar-refractivity contribution in [2.24, 2.45) is 0 Å². The molecule has 0 saturated heterocycles. The lowest BCUT2D eigenvalue weighted by Gasteiger charge is -2.09. The lowest BCUT2D eigenvalue weighted by atomic mass is 10.1. The molecular weight excluding hydrogens is 306 g/mol. The molecule has 24 heavy (non-hydrogen) atoms. The van der Waals surface area contributed by atoms with E-state index < -0.39 is 5.97 Å². The average Bonchev–Trinajstić information content (AvgIpc) is 2.57. The third-order valence-corrected chi connectivity index (χ3v) is 3.58. The summed E-state index contributed by atoms with van der Waals surface area (Å²) in [4.78, 5) is 35.2. The van der Waals surface area contributed by atoms with Crippen LogP contribution in [-0.2, 0) is 4.79 Å². The van der Waals surface area contributed by atoms with Crippen LogP contribution in [-0.4, -0.2) is 22.8 Å². The number of carboxylic acid groups (broad SMARTS) is 1. The number of hydrogen-bond donors (Lipinski definition) is 2. The standard InChI is InChI=1S/C19H19NO4/c1-13-10-11-16(15(12-13)19(23)24)20-18(22)9-5-8-17(21)14-6-3-2-4-7-14/h2-4,6-7,10-12H,5,8-9H2,1H3,(H,20,22)(H,23,24). The van der Waals surface area contributed by atoms with E-state index in [1.54, 1.807) is 43.3 Å². The normalized spacial score (nSPS) is 10.2. The Kier molecular flexibility index (Phi) is 5.84. The number of aryl methyl sites for hydroxylation is 1. The molecule has 0 unspecified atom stereocenters. The molecular formula is C19H19NO4. The van der Waals surface area contributed by atoms with Gasteiger partial charge in [0, 0.05) is 18.4 Å². The third kappa shape index (κ3) is 4.78. The maximum Gasteiger partial charge on any atom is 0.337 e. The van der Waals surface area contributed by atoms with Crippen LogP contribution in [0, 0.1) is 6.92 Å². The van der Waals surface area contributed by atoms with Crippen LogP contribution in [0.5, 0.6) is 0 Å². The summed E-state index contributed by atoms with van der Waals surface area (Å²) in [5, 5.41) is 11.8. The van der Waals surface area contributed by atoms with Crippen molar-refractivity contribution in [1.29, 1.82) is 0 Å². The summed E-state index contributed by atoms with van der Waals surface area (Å²) >= 11 is 0. The lowest BCUT2D eigenvalue weighted by molar-refractivity contribution is -0.116. The number of benzene rings is 2. The van der Waals surface area contributed by atoms with E-state index in [1.165, 1.54) is 6.07 Å².